The number of benzene rings is 2. The number of aryl methyl sites for hydroxylation is 1. The van der Waals surface area contributed by atoms with Gasteiger partial charge < -0.3 is 0 Å². The molecule has 0 fully saturated rings. The zero-order valence-corrected chi connectivity index (χ0v) is 20.6. The van der Waals surface area contributed by atoms with E-state index in [-0.39, 0.29) is 7.43 Å². The maximum atomic E-state index is 4.46. The highest BCUT2D eigenvalue weighted by atomic mass is 14.7. The van der Waals surface area contributed by atoms with E-state index in [2.05, 4.69) is 105 Å². The maximum Gasteiger partial charge on any atom is 0.0395 e. The average molecular weight is 442 g/mol. The average Bonchev–Trinajstić information content (AvgIpc) is 2.79. The van der Waals surface area contributed by atoms with E-state index >= 15 is 0 Å². The van der Waals surface area contributed by atoms with Crippen molar-refractivity contribution in [2.45, 2.75) is 61.3 Å². The molecule has 2 aromatic rings. The van der Waals surface area contributed by atoms with Gasteiger partial charge >= 0.3 is 0 Å². The maximum absolute atomic E-state index is 4.46. The van der Waals surface area contributed by atoms with E-state index in [1.807, 2.05) is 33.0 Å². The van der Waals surface area contributed by atoms with E-state index in [0.29, 0.717) is 0 Å². The largest absolute Gasteiger partial charge is 0.261 e. The lowest BCUT2D eigenvalue weighted by Gasteiger charge is -2.05. The molecule has 0 N–H and O–H groups in total. The molecule has 176 valence electrons. The Kier molecular flexibility index (Phi) is 15.7. The lowest BCUT2D eigenvalue weighted by Crippen LogP contribution is -1.91. The zero-order chi connectivity index (χ0) is 23.8. The van der Waals surface area contributed by atoms with Crippen LogP contribution in [0.1, 0.15) is 64.7 Å². The molecule has 0 bridgehead atoms. The van der Waals surface area contributed by atoms with Crippen LogP contribution >= 0.6 is 0 Å². The summed E-state index contributed by atoms with van der Waals surface area (Å²) in [5.41, 5.74) is 8.40. The molecular weight excluding hydrogens is 398 g/mol. The number of hydrogen-bond donors (Lipinski definition) is 0. The Balaban J connectivity index is 0.000000615. The smallest absolute Gasteiger partial charge is 0.0395 e. The highest BCUT2D eigenvalue weighted by Crippen LogP contribution is 2.17. The SMILES string of the molecule is C.C=CC(=C\CC)/C(=C/N=C(C)C(=C)C)C/C=C\C.Cc1cccc(Cc2ccccc2)c1. The molecule has 0 spiro atoms. The minimum Gasteiger partial charge on any atom is -0.261 e. The molecule has 0 aliphatic heterocycles. The molecule has 1 heteroatoms. The minimum atomic E-state index is 0. The van der Waals surface area contributed by atoms with Crippen LogP contribution < -0.4 is 0 Å². The van der Waals surface area contributed by atoms with Crippen LogP contribution in [0.3, 0.4) is 0 Å². The molecule has 33 heavy (non-hydrogen) atoms. The van der Waals surface area contributed by atoms with Gasteiger partial charge in [-0.3, -0.25) is 4.99 Å². The molecule has 1 nitrogen and oxygen atoms in total. The molecule has 0 aliphatic rings. The van der Waals surface area contributed by atoms with Gasteiger partial charge in [0.1, 0.15) is 0 Å². The molecular formula is C32H43N. The molecule has 0 heterocycles. The quantitative estimate of drug-likeness (QED) is 0.209. The fraction of sp³-hybridized carbons (Fsp3) is 0.281. The van der Waals surface area contributed by atoms with Gasteiger partial charge in [-0.15, -0.1) is 0 Å². The Labute approximate surface area is 203 Å². The fourth-order valence-corrected chi connectivity index (χ4v) is 2.99. The number of allylic oxidation sites excluding steroid dienone is 7. The van der Waals surface area contributed by atoms with Gasteiger partial charge in [0.15, 0.2) is 0 Å². The number of aliphatic imine (C=N–C) groups is 1. The monoisotopic (exact) mass is 441 g/mol. The predicted octanol–water partition coefficient (Wildman–Crippen LogP) is 9.62. The number of hydrogen-bond acceptors (Lipinski definition) is 1. The van der Waals surface area contributed by atoms with Crippen LogP contribution in [-0.4, -0.2) is 5.71 Å². The van der Waals surface area contributed by atoms with Gasteiger partial charge in [0.05, 0.1) is 0 Å². The van der Waals surface area contributed by atoms with Gasteiger partial charge in [0.25, 0.3) is 0 Å². The molecule has 2 rings (SSSR count). The molecule has 0 saturated carbocycles. The second-order valence-corrected chi connectivity index (χ2v) is 7.85. The third-order valence-electron chi connectivity index (χ3n) is 4.95. The summed E-state index contributed by atoms with van der Waals surface area (Å²) in [5.74, 6) is 0. The molecule has 0 aliphatic carbocycles. The molecule has 2 aromatic carbocycles. The summed E-state index contributed by atoms with van der Waals surface area (Å²) in [5, 5.41) is 0. The first-order valence-corrected chi connectivity index (χ1v) is 11.3. The van der Waals surface area contributed by atoms with Crippen molar-refractivity contribution in [3.05, 3.63) is 132 Å². The summed E-state index contributed by atoms with van der Waals surface area (Å²) in [6, 6.07) is 19.2. The van der Waals surface area contributed by atoms with Gasteiger partial charge in [0, 0.05) is 11.9 Å². The van der Waals surface area contributed by atoms with Crippen molar-refractivity contribution in [3.63, 3.8) is 0 Å². The summed E-state index contributed by atoms with van der Waals surface area (Å²) >= 11 is 0. The first-order valence-electron chi connectivity index (χ1n) is 11.3. The Bertz CT molecular complexity index is 969. The molecule has 0 aromatic heterocycles. The van der Waals surface area contributed by atoms with Crippen LogP contribution in [0.5, 0.6) is 0 Å². The van der Waals surface area contributed by atoms with Crippen LogP contribution in [0.2, 0.25) is 0 Å². The van der Waals surface area contributed by atoms with Crippen LogP contribution in [0.25, 0.3) is 0 Å². The zero-order valence-electron chi connectivity index (χ0n) is 20.6. The molecule has 0 unspecified atom stereocenters. The minimum absolute atomic E-state index is 0. The van der Waals surface area contributed by atoms with Crippen LogP contribution in [0.4, 0.5) is 0 Å². The summed E-state index contributed by atoms with van der Waals surface area (Å²) < 4.78 is 0. The predicted molar refractivity (Wildman–Crippen MR) is 151 cm³/mol. The van der Waals surface area contributed by atoms with Gasteiger partial charge in [-0.25, -0.2) is 0 Å². The van der Waals surface area contributed by atoms with Crippen molar-refractivity contribution in [1.82, 2.24) is 0 Å². The van der Waals surface area contributed by atoms with Crippen molar-refractivity contribution in [3.8, 4) is 0 Å². The van der Waals surface area contributed by atoms with E-state index in [4.69, 9.17) is 0 Å². The van der Waals surface area contributed by atoms with Gasteiger partial charge in [-0.05, 0) is 74.8 Å². The Morgan fingerprint density at radius 2 is 1.67 bits per heavy atom. The van der Waals surface area contributed by atoms with Crippen LogP contribution in [-0.2, 0) is 6.42 Å². The first kappa shape index (κ1) is 29.8. The topological polar surface area (TPSA) is 12.4 Å². The van der Waals surface area contributed by atoms with Gasteiger partial charge in [-0.1, -0.05) is 112 Å². The standard InChI is InChI=1S/C17H25N.C14H14.CH4/c1-7-10-12-17(16(9-3)11-8-2)13-18-15(6)14(4)5;1-12-6-5-9-14(10-12)11-13-7-3-2-4-8-13;/h7,9-11,13H,3-4,8,12H2,1-2,5-6H3;2-10H,11H2,1H3;1H4/b10-7-,16-11+,17-13+,18-15?;;. The molecule has 0 saturated heterocycles. The van der Waals surface area contributed by atoms with Crippen molar-refractivity contribution in [2.75, 3.05) is 0 Å². The number of rotatable bonds is 9. The van der Waals surface area contributed by atoms with Crippen molar-refractivity contribution in [2.24, 2.45) is 4.99 Å². The van der Waals surface area contributed by atoms with E-state index in [0.717, 1.165) is 36.1 Å². The Morgan fingerprint density at radius 3 is 2.21 bits per heavy atom. The second-order valence-electron chi connectivity index (χ2n) is 7.85. The second kappa shape index (κ2) is 17.4. The first-order chi connectivity index (χ1) is 15.4. The van der Waals surface area contributed by atoms with Gasteiger partial charge in [0.2, 0.25) is 0 Å². The van der Waals surface area contributed by atoms with Gasteiger partial charge in [-0.2, -0.15) is 0 Å². The Hall–Kier alpha value is -3.19. The lowest BCUT2D eigenvalue weighted by atomic mass is 10.0. The van der Waals surface area contributed by atoms with Crippen LogP contribution in [0.15, 0.2) is 120 Å². The third-order valence-corrected chi connectivity index (χ3v) is 4.95. The summed E-state index contributed by atoms with van der Waals surface area (Å²) in [4.78, 5) is 4.46. The van der Waals surface area contributed by atoms with Crippen molar-refractivity contribution >= 4 is 5.71 Å². The summed E-state index contributed by atoms with van der Waals surface area (Å²) in [6.45, 7) is 18.0. The highest BCUT2D eigenvalue weighted by molar-refractivity contribution is 5.97. The summed E-state index contributed by atoms with van der Waals surface area (Å²) in [7, 11) is 0. The fourth-order valence-electron chi connectivity index (χ4n) is 2.99. The molecule has 0 amide bonds. The van der Waals surface area contributed by atoms with Crippen molar-refractivity contribution in [1.29, 1.82) is 0 Å². The van der Waals surface area contributed by atoms with E-state index < -0.39 is 0 Å². The summed E-state index contributed by atoms with van der Waals surface area (Å²) in [6.07, 6.45) is 13.1. The van der Waals surface area contributed by atoms with E-state index in [9.17, 15) is 0 Å². The van der Waals surface area contributed by atoms with Crippen molar-refractivity contribution < 1.29 is 0 Å². The normalized spacial score (nSPS) is 12.0. The number of nitrogens with zero attached hydrogens (tertiary/aromatic N) is 1. The third kappa shape index (κ3) is 12.4. The molecule has 0 atom stereocenters. The molecule has 0 radical (unpaired) electrons. The van der Waals surface area contributed by atoms with E-state index in [1.165, 1.54) is 22.3 Å². The van der Waals surface area contributed by atoms with Crippen LogP contribution in [0, 0.1) is 6.92 Å². The van der Waals surface area contributed by atoms with E-state index in [1.54, 1.807) is 0 Å². The lowest BCUT2D eigenvalue weighted by molar-refractivity contribution is 1.16. The Morgan fingerprint density at radius 1 is 1.00 bits per heavy atom. The highest BCUT2D eigenvalue weighted by Gasteiger charge is 2.00.